The molecule has 0 radical (unpaired) electrons. The van der Waals surface area contributed by atoms with E-state index >= 15 is 4.39 Å². The van der Waals surface area contributed by atoms with Gasteiger partial charge in [0, 0.05) is 54.3 Å². The topological polar surface area (TPSA) is 303 Å². The monoisotopic (exact) mass is 1080 g/mol. The van der Waals surface area contributed by atoms with E-state index in [1.54, 1.807) is 64.1 Å². The summed E-state index contributed by atoms with van der Waals surface area (Å²) in [5, 5.41) is 27.7. The first-order valence-electron chi connectivity index (χ1n) is 26.3. The van der Waals surface area contributed by atoms with Crippen LogP contribution in [0.5, 0.6) is 0 Å². The number of cyclic esters (lactones) is 1. The second-order valence-electron chi connectivity index (χ2n) is 20.3. The molecule has 8 amide bonds. The summed E-state index contributed by atoms with van der Waals surface area (Å²) in [4.78, 5) is 135. The van der Waals surface area contributed by atoms with E-state index < -0.39 is 84.4 Å². The fourth-order valence-electron chi connectivity index (χ4n) is 10.5. The highest BCUT2D eigenvalue weighted by Crippen LogP contribution is 2.46. The van der Waals surface area contributed by atoms with Gasteiger partial charge in [0.25, 0.3) is 5.56 Å². The van der Waals surface area contributed by atoms with Crippen molar-refractivity contribution in [3.05, 3.63) is 97.6 Å². The summed E-state index contributed by atoms with van der Waals surface area (Å²) in [5.41, 5.74) is 2.07. The van der Waals surface area contributed by atoms with Gasteiger partial charge >= 0.3 is 5.97 Å². The number of aromatic nitrogens is 2. The lowest BCUT2D eigenvalue weighted by Crippen LogP contribution is -2.52. The van der Waals surface area contributed by atoms with Gasteiger partial charge < -0.3 is 51.0 Å². The average molecular weight is 1080 g/mol. The number of carbonyl (C=O) groups excluding carboxylic acids is 9. The molecule has 3 aliphatic heterocycles. The zero-order valence-electron chi connectivity index (χ0n) is 43.9. The second-order valence-corrected chi connectivity index (χ2v) is 20.3. The number of pyridine rings is 2. The number of halogens is 1. The van der Waals surface area contributed by atoms with Gasteiger partial charge in [0.2, 0.25) is 47.3 Å². The highest BCUT2D eigenvalue weighted by atomic mass is 19.1. The standard InChI is InChI=1S/C55H64FN9O13/c1-5-55(76)36-21-41-50-34(26-65(41)53(74)35(36)27-77-54(55)75)49-38(16-15-33-31(4)37(56)22-39(63-50)48(33)49)61-43(67)19-30(3)78-28-60-45(69)24-59-51(72)40(20-32-12-8-6-9-13-32)62-46(70)25-58-44(68)23-57-42(66)14-10-7-11-17-64-47(71)18-29(2)52(64)73/h6,8-9,12-13,21-22,29-30,38,40,76H,5,7,10-11,14-20,23-28H2,1-4H3,(H,57,66)(H,58,68)(H,59,72)(H,60,69)(H,61,67)(H,62,70)/t29?,30-,38-,40-,55-/m0/s1. The molecule has 0 saturated carbocycles. The fraction of sp³-hybridized carbons (Fsp3) is 0.473. The zero-order chi connectivity index (χ0) is 56.0. The number of aryl methyl sites for hydroxylation is 1. The van der Waals surface area contributed by atoms with Gasteiger partial charge in [0.1, 0.15) is 25.2 Å². The molecule has 414 valence electrons. The Morgan fingerprint density at radius 1 is 0.897 bits per heavy atom. The number of imide groups is 1. The van der Waals surface area contributed by atoms with Crippen LogP contribution in [0.2, 0.25) is 0 Å². The van der Waals surface area contributed by atoms with Crippen molar-refractivity contribution in [2.45, 2.75) is 129 Å². The number of esters is 1. The molecule has 0 spiro atoms. The van der Waals surface area contributed by atoms with Crippen molar-refractivity contribution in [3.63, 3.8) is 0 Å². The number of nitrogens with zero attached hydrogens (tertiary/aromatic N) is 3. The number of rotatable bonds is 23. The lowest BCUT2D eigenvalue weighted by Gasteiger charge is -2.31. The minimum absolute atomic E-state index is 0.0422. The Balaban J connectivity index is 0.795. The van der Waals surface area contributed by atoms with Crippen molar-refractivity contribution in [1.29, 1.82) is 0 Å². The van der Waals surface area contributed by atoms with Crippen molar-refractivity contribution in [1.82, 2.24) is 46.4 Å². The molecular weight excluding hydrogens is 1010 g/mol. The molecule has 5 atom stereocenters. The minimum atomic E-state index is -2.04. The Morgan fingerprint density at radius 2 is 1.62 bits per heavy atom. The summed E-state index contributed by atoms with van der Waals surface area (Å²) in [7, 11) is 0. The predicted molar refractivity (Wildman–Crippen MR) is 277 cm³/mol. The van der Waals surface area contributed by atoms with Crippen LogP contribution < -0.4 is 37.5 Å². The molecule has 22 nitrogen and oxygen atoms in total. The van der Waals surface area contributed by atoms with Crippen molar-refractivity contribution in [2.75, 3.05) is 32.9 Å². The molecule has 1 unspecified atom stereocenters. The number of fused-ring (bicyclic) bond motifs is 5. The molecular formula is C55H64FN9O13. The average Bonchev–Trinajstić information content (AvgIpc) is 4.07. The first kappa shape index (κ1) is 56.3. The fourth-order valence-corrected chi connectivity index (χ4v) is 10.5. The maximum atomic E-state index is 15.4. The third kappa shape index (κ3) is 12.3. The quantitative estimate of drug-likeness (QED) is 0.0211. The number of nitrogens with one attached hydrogen (secondary N) is 6. The van der Waals surface area contributed by atoms with E-state index in [1.165, 1.54) is 15.5 Å². The summed E-state index contributed by atoms with van der Waals surface area (Å²) in [5.74, 6) is -5.45. The molecule has 7 N–H and O–H groups in total. The Kier molecular flexibility index (Phi) is 17.4. The van der Waals surface area contributed by atoms with Gasteiger partial charge in [-0.25, -0.2) is 14.2 Å². The zero-order valence-corrected chi connectivity index (χ0v) is 43.9. The molecule has 0 bridgehead atoms. The van der Waals surface area contributed by atoms with Gasteiger partial charge in [-0.2, -0.15) is 0 Å². The highest BCUT2D eigenvalue weighted by Gasteiger charge is 2.46. The van der Waals surface area contributed by atoms with Crippen LogP contribution in [0.15, 0.2) is 47.3 Å². The summed E-state index contributed by atoms with van der Waals surface area (Å²) >= 11 is 0. The summed E-state index contributed by atoms with van der Waals surface area (Å²) in [6, 6.07) is 9.98. The van der Waals surface area contributed by atoms with E-state index in [0.29, 0.717) is 83.2 Å². The lowest BCUT2D eigenvalue weighted by molar-refractivity contribution is -0.172. The molecule has 4 aliphatic rings. The number of carbonyl (C=O) groups is 9. The third-order valence-electron chi connectivity index (χ3n) is 14.8. The van der Waals surface area contributed by atoms with Crippen LogP contribution in [0.3, 0.4) is 0 Å². The SMILES string of the molecule is CC[C@@]1(O)C(=O)OCc2c1cc1n(c2=O)Cc2c-1nc1cc(F)c(C)c3c1c2[C@@H](NC(=O)C[C@H](C)OCNC(=O)CNC(=O)[C@H](Cc1ccccc1)NC(=O)CNC(=O)CNC(=O)CCCCCN1C(=O)CC(C)C1=O)CC3. The Labute approximate surface area is 447 Å². The predicted octanol–water partition coefficient (Wildman–Crippen LogP) is 1.53. The van der Waals surface area contributed by atoms with Crippen LogP contribution in [0, 0.1) is 18.7 Å². The van der Waals surface area contributed by atoms with Crippen molar-refractivity contribution >= 4 is 64.1 Å². The van der Waals surface area contributed by atoms with Crippen molar-refractivity contribution in [3.8, 4) is 11.4 Å². The van der Waals surface area contributed by atoms with Crippen LogP contribution in [0.4, 0.5) is 4.39 Å². The second kappa shape index (κ2) is 24.2. The third-order valence-corrected chi connectivity index (χ3v) is 14.8. The number of hydrogen-bond donors (Lipinski definition) is 7. The van der Waals surface area contributed by atoms with Crippen LogP contribution in [-0.4, -0.2) is 118 Å². The van der Waals surface area contributed by atoms with E-state index in [2.05, 4.69) is 31.9 Å². The number of aliphatic hydroxyl groups is 1. The number of unbranched alkanes of at least 4 members (excludes halogenated alkanes) is 2. The molecule has 1 saturated heterocycles. The molecule has 1 aliphatic carbocycles. The van der Waals surface area contributed by atoms with Gasteiger partial charge in [-0.3, -0.25) is 48.1 Å². The Hall–Kier alpha value is -7.92. The molecule has 2 aromatic carbocycles. The van der Waals surface area contributed by atoms with E-state index in [4.69, 9.17) is 14.5 Å². The highest BCUT2D eigenvalue weighted by molar-refractivity contribution is 6.03. The summed E-state index contributed by atoms with van der Waals surface area (Å²) in [6.07, 6.45) is 1.97. The smallest absolute Gasteiger partial charge is 0.343 e. The molecule has 2 aromatic heterocycles. The number of hydrogen-bond acceptors (Lipinski definition) is 14. The lowest BCUT2D eigenvalue weighted by atomic mass is 9.81. The number of amides is 8. The van der Waals surface area contributed by atoms with Crippen molar-refractivity contribution < 1.29 is 62.1 Å². The van der Waals surface area contributed by atoms with Crippen LogP contribution in [0.1, 0.15) is 117 Å². The number of benzene rings is 2. The van der Waals surface area contributed by atoms with Gasteiger partial charge in [0.05, 0.1) is 67.2 Å². The van der Waals surface area contributed by atoms with E-state index in [-0.39, 0.29) is 92.7 Å². The van der Waals surface area contributed by atoms with Gasteiger partial charge in [-0.05, 0) is 74.3 Å². The van der Waals surface area contributed by atoms with E-state index in [9.17, 15) is 53.1 Å². The first-order chi connectivity index (χ1) is 37.3. The summed E-state index contributed by atoms with van der Waals surface area (Å²) < 4.78 is 27.9. The van der Waals surface area contributed by atoms with E-state index in [1.807, 2.05) is 0 Å². The number of ether oxygens (including phenoxy) is 2. The molecule has 4 aromatic rings. The van der Waals surface area contributed by atoms with Gasteiger partial charge in [0.15, 0.2) is 5.60 Å². The largest absolute Gasteiger partial charge is 0.458 e. The van der Waals surface area contributed by atoms with Crippen molar-refractivity contribution in [2.24, 2.45) is 5.92 Å². The molecule has 5 heterocycles. The summed E-state index contributed by atoms with van der Waals surface area (Å²) in [6.45, 7) is 5.00. The molecule has 23 heteroatoms. The minimum Gasteiger partial charge on any atom is -0.458 e. The van der Waals surface area contributed by atoms with Gasteiger partial charge in [-0.1, -0.05) is 50.6 Å². The maximum absolute atomic E-state index is 15.4. The van der Waals surface area contributed by atoms with Crippen LogP contribution in [-0.2, 0) is 84.2 Å². The first-order valence-corrected chi connectivity index (χ1v) is 26.3. The Bertz CT molecular complexity index is 3150. The van der Waals surface area contributed by atoms with E-state index in [0.717, 1.165) is 5.56 Å². The molecule has 8 rings (SSSR count). The Morgan fingerprint density at radius 3 is 2.35 bits per heavy atom. The van der Waals surface area contributed by atoms with Crippen LogP contribution in [0.25, 0.3) is 22.3 Å². The van der Waals surface area contributed by atoms with Crippen LogP contribution >= 0.6 is 0 Å². The molecule has 78 heavy (non-hydrogen) atoms. The number of likely N-dealkylation sites (tertiary alicyclic amines) is 1. The molecule has 1 fully saturated rings. The maximum Gasteiger partial charge on any atom is 0.343 e. The van der Waals surface area contributed by atoms with Gasteiger partial charge in [-0.15, -0.1) is 0 Å². The normalized spacial score (nSPS) is 18.7.